The molecule has 0 saturated heterocycles. The molecule has 0 aliphatic carbocycles. The first-order chi connectivity index (χ1) is 15.8. The van der Waals surface area contributed by atoms with Crippen LogP contribution in [0.25, 0.3) is 16.6 Å². The van der Waals surface area contributed by atoms with Gasteiger partial charge in [0.2, 0.25) is 5.95 Å². The number of hydrogen-bond acceptors (Lipinski definition) is 8. The van der Waals surface area contributed by atoms with Crippen molar-refractivity contribution in [2.24, 2.45) is 0 Å². The molecule has 1 atom stereocenters. The second-order valence-electron chi connectivity index (χ2n) is 7.81. The number of halogens is 4. The number of anilines is 1. The number of rotatable bonds is 4. The molecule has 0 radical (unpaired) electrons. The van der Waals surface area contributed by atoms with Crippen LogP contribution in [0.3, 0.4) is 0 Å². The third-order valence-electron chi connectivity index (χ3n) is 5.74. The molecule has 0 fully saturated rings. The molecule has 170 valence electrons. The molecule has 4 aromatic rings. The second-order valence-corrected chi connectivity index (χ2v) is 7.81. The molecule has 0 saturated carbocycles. The van der Waals surface area contributed by atoms with Crippen molar-refractivity contribution in [3.05, 3.63) is 47.5 Å². The molecule has 0 amide bonds. The SMILES string of the molecule is Nc1nc2c3c(ccc2c2nc(CC(C(F)F)N4Cc5cccnc5C4)nn12)OC(F)(F)O3. The van der Waals surface area contributed by atoms with Crippen LogP contribution in [0.4, 0.5) is 23.5 Å². The highest BCUT2D eigenvalue weighted by molar-refractivity contribution is 5.97. The number of hydrogen-bond donors (Lipinski definition) is 1. The van der Waals surface area contributed by atoms with Crippen LogP contribution in [0.2, 0.25) is 0 Å². The minimum Gasteiger partial charge on any atom is -0.395 e. The number of pyridine rings is 1. The number of fused-ring (bicyclic) bond motifs is 6. The zero-order chi connectivity index (χ0) is 22.9. The number of nitrogens with zero attached hydrogens (tertiary/aromatic N) is 6. The Morgan fingerprint density at radius 1 is 1.12 bits per heavy atom. The lowest BCUT2D eigenvalue weighted by Gasteiger charge is -2.25. The summed E-state index contributed by atoms with van der Waals surface area (Å²) in [5.41, 5.74) is 7.83. The van der Waals surface area contributed by atoms with Crippen molar-refractivity contribution < 1.29 is 27.0 Å². The van der Waals surface area contributed by atoms with Gasteiger partial charge in [0.25, 0.3) is 6.43 Å². The maximum atomic E-state index is 14.0. The summed E-state index contributed by atoms with van der Waals surface area (Å²) < 4.78 is 65.3. The molecule has 2 aliphatic rings. The Balaban J connectivity index is 1.37. The molecule has 9 nitrogen and oxygen atoms in total. The molecule has 1 unspecified atom stereocenters. The summed E-state index contributed by atoms with van der Waals surface area (Å²) in [6.45, 7) is 0.638. The topological polar surface area (TPSA) is 104 Å². The van der Waals surface area contributed by atoms with E-state index in [1.807, 2.05) is 6.07 Å². The standard InChI is InChI=1S/C20H15F4N7O2/c21-17(22)12(30-7-9-2-1-5-26-11(9)8-30)6-14-27-18-10-3-4-13-16(33-20(23,24)32-13)15(10)28-19(25)31(18)29-14/h1-5,12,17H,6-8H2,(H2,25,28). The van der Waals surface area contributed by atoms with E-state index in [4.69, 9.17) is 5.73 Å². The summed E-state index contributed by atoms with van der Waals surface area (Å²) in [5.74, 6) is -0.504. The molecule has 1 aromatic carbocycles. The number of ether oxygens (including phenoxy) is 2. The summed E-state index contributed by atoms with van der Waals surface area (Å²) in [6.07, 6.45) is -5.01. The van der Waals surface area contributed by atoms with Crippen molar-refractivity contribution in [3.63, 3.8) is 0 Å². The highest BCUT2D eigenvalue weighted by Crippen LogP contribution is 2.45. The Morgan fingerprint density at radius 2 is 1.97 bits per heavy atom. The maximum Gasteiger partial charge on any atom is 0.586 e. The Morgan fingerprint density at radius 3 is 2.76 bits per heavy atom. The Kier molecular flexibility index (Phi) is 4.15. The average molecular weight is 461 g/mol. The number of aromatic nitrogens is 5. The van der Waals surface area contributed by atoms with Crippen molar-refractivity contribution in [2.45, 2.75) is 38.3 Å². The van der Waals surface area contributed by atoms with Crippen molar-refractivity contribution in [3.8, 4) is 11.5 Å². The molecular formula is C20H15F4N7O2. The Hall–Kier alpha value is -3.74. The largest absolute Gasteiger partial charge is 0.586 e. The molecule has 3 aromatic heterocycles. The monoisotopic (exact) mass is 461 g/mol. The summed E-state index contributed by atoms with van der Waals surface area (Å²) in [4.78, 5) is 14.4. The third-order valence-corrected chi connectivity index (χ3v) is 5.74. The van der Waals surface area contributed by atoms with Crippen molar-refractivity contribution in [1.82, 2.24) is 29.5 Å². The highest BCUT2D eigenvalue weighted by atomic mass is 19.3. The Labute approximate surface area is 182 Å². The Bertz CT molecular complexity index is 1390. The van der Waals surface area contributed by atoms with Crippen molar-refractivity contribution in [2.75, 3.05) is 5.73 Å². The lowest BCUT2D eigenvalue weighted by Crippen LogP contribution is -2.38. The fourth-order valence-electron chi connectivity index (χ4n) is 4.25. The smallest absolute Gasteiger partial charge is 0.395 e. The molecule has 2 N–H and O–H groups in total. The molecule has 33 heavy (non-hydrogen) atoms. The molecule has 5 heterocycles. The van der Waals surface area contributed by atoms with Gasteiger partial charge in [-0.3, -0.25) is 9.88 Å². The van der Waals surface area contributed by atoms with Crippen molar-refractivity contribution >= 4 is 22.5 Å². The van der Waals surface area contributed by atoms with Gasteiger partial charge in [-0.1, -0.05) is 6.07 Å². The van der Waals surface area contributed by atoms with Gasteiger partial charge in [0.1, 0.15) is 5.52 Å². The molecule has 0 bridgehead atoms. The van der Waals surface area contributed by atoms with Crippen LogP contribution in [0.5, 0.6) is 11.5 Å². The summed E-state index contributed by atoms with van der Waals surface area (Å²) in [7, 11) is 0. The molecule has 13 heteroatoms. The van der Waals surface area contributed by atoms with Crippen LogP contribution in [-0.4, -0.2) is 48.2 Å². The van der Waals surface area contributed by atoms with Gasteiger partial charge in [-0.05, 0) is 23.8 Å². The van der Waals surface area contributed by atoms with Gasteiger partial charge in [0.05, 0.1) is 11.7 Å². The zero-order valence-corrected chi connectivity index (χ0v) is 16.8. The van der Waals surface area contributed by atoms with Crippen LogP contribution in [0.15, 0.2) is 30.5 Å². The third kappa shape index (κ3) is 3.18. The fraction of sp³-hybridized carbons (Fsp3) is 0.300. The first-order valence-electron chi connectivity index (χ1n) is 9.98. The lowest BCUT2D eigenvalue weighted by atomic mass is 10.1. The van der Waals surface area contributed by atoms with Crippen LogP contribution >= 0.6 is 0 Å². The van der Waals surface area contributed by atoms with E-state index in [9.17, 15) is 17.6 Å². The van der Waals surface area contributed by atoms with E-state index in [1.54, 1.807) is 17.2 Å². The maximum absolute atomic E-state index is 14.0. The molecular weight excluding hydrogens is 446 g/mol. The van der Waals surface area contributed by atoms with Gasteiger partial charge in [0, 0.05) is 31.1 Å². The summed E-state index contributed by atoms with van der Waals surface area (Å²) in [6, 6.07) is 5.23. The van der Waals surface area contributed by atoms with E-state index in [1.165, 1.54) is 16.6 Å². The normalized spacial score (nSPS) is 17.8. The van der Waals surface area contributed by atoms with E-state index in [0.29, 0.717) is 18.5 Å². The van der Waals surface area contributed by atoms with E-state index < -0.39 is 18.8 Å². The van der Waals surface area contributed by atoms with Gasteiger partial charge in [-0.2, -0.15) is 4.52 Å². The first-order valence-corrected chi connectivity index (χ1v) is 9.98. The lowest BCUT2D eigenvalue weighted by molar-refractivity contribution is -0.286. The van der Waals surface area contributed by atoms with Crippen LogP contribution in [-0.2, 0) is 19.5 Å². The van der Waals surface area contributed by atoms with Gasteiger partial charge in [-0.25, -0.2) is 18.7 Å². The summed E-state index contributed by atoms with van der Waals surface area (Å²) >= 11 is 0. The van der Waals surface area contributed by atoms with Gasteiger partial charge < -0.3 is 15.2 Å². The van der Waals surface area contributed by atoms with E-state index in [0.717, 1.165) is 11.3 Å². The van der Waals surface area contributed by atoms with Crippen LogP contribution < -0.4 is 15.2 Å². The zero-order valence-electron chi connectivity index (χ0n) is 16.8. The van der Waals surface area contributed by atoms with Gasteiger partial charge in [-0.15, -0.1) is 13.9 Å². The van der Waals surface area contributed by atoms with Crippen molar-refractivity contribution in [1.29, 1.82) is 0 Å². The second kappa shape index (κ2) is 6.88. The molecule has 0 spiro atoms. The van der Waals surface area contributed by atoms with Crippen LogP contribution in [0.1, 0.15) is 17.1 Å². The minimum atomic E-state index is -3.83. The number of alkyl halides is 4. The number of benzene rings is 1. The van der Waals surface area contributed by atoms with Gasteiger partial charge in [0.15, 0.2) is 23.0 Å². The number of nitrogens with two attached hydrogens (primary N) is 1. The van der Waals surface area contributed by atoms with E-state index in [-0.39, 0.29) is 40.9 Å². The molecule has 2 aliphatic heterocycles. The predicted octanol–water partition coefficient (Wildman–Crippen LogP) is 2.77. The van der Waals surface area contributed by atoms with Gasteiger partial charge >= 0.3 is 6.29 Å². The quantitative estimate of drug-likeness (QED) is 0.463. The van der Waals surface area contributed by atoms with Crippen LogP contribution in [0, 0.1) is 0 Å². The van der Waals surface area contributed by atoms with E-state index in [2.05, 4.69) is 29.5 Å². The summed E-state index contributed by atoms with van der Waals surface area (Å²) in [5, 5.41) is 4.56. The fourth-order valence-corrected chi connectivity index (χ4v) is 4.25. The number of nitrogen functional groups attached to an aromatic ring is 1. The minimum absolute atomic E-state index is 0.0140. The predicted molar refractivity (Wildman–Crippen MR) is 106 cm³/mol. The average Bonchev–Trinajstić information content (AvgIpc) is 3.45. The first kappa shape index (κ1) is 19.9. The highest BCUT2D eigenvalue weighted by Gasteiger charge is 2.45. The molecule has 6 rings (SSSR count). The van der Waals surface area contributed by atoms with E-state index >= 15 is 0 Å².